The maximum atomic E-state index is 10.9. The fourth-order valence-electron chi connectivity index (χ4n) is 1.29. The van der Waals surface area contributed by atoms with Crippen molar-refractivity contribution >= 4 is 18.4 Å². The van der Waals surface area contributed by atoms with Gasteiger partial charge in [-0.05, 0) is 6.07 Å². The summed E-state index contributed by atoms with van der Waals surface area (Å²) in [5.74, 6) is -1.07. The van der Waals surface area contributed by atoms with Gasteiger partial charge < -0.3 is 21.4 Å². The zero-order valence-corrected chi connectivity index (χ0v) is 9.91. The van der Waals surface area contributed by atoms with Crippen molar-refractivity contribution in [2.45, 2.75) is 6.04 Å². The zero-order valence-electron chi connectivity index (χ0n) is 9.09. The van der Waals surface area contributed by atoms with E-state index >= 15 is 0 Å². The fourth-order valence-corrected chi connectivity index (χ4v) is 1.29. The van der Waals surface area contributed by atoms with Gasteiger partial charge in [-0.15, -0.1) is 12.4 Å². The van der Waals surface area contributed by atoms with E-state index in [1.54, 1.807) is 18.2 Å². The van der Waals surface area contributed by atoms with Gasteiger partial charge in [0.25, 0.3) is 0 Å². The highest BCUT2D eigenvalue weighted by molar-refractivity contribution is 5.85. The molecule has 0 aliphatic heterocycles. The molecule has 17 heavy (non-hydrogen) atoms. The van der Waals surface area contributed by atoms with Gasteiger partial charge in [0.1, 0.15) is 11.8 Å². The molecule has 0 fully saturated rings. The SMILES string of the molecule is Cl.NCCNC(C(=O)O)c1ccccc1O.O. The molecule has 1 aromatic rings. The maximum Gasteiger partial charge on any atom is 0.325 e. The number of nitrogens with two attached hydrogens (primary N) is 1. The number of hydrogen-bond acceptors (Lipinski definition) is 4. The first-order chi connectivity index (χ1) is 7.16. The fraction of sp³-hybridized carbons (Fsp3) is 0.300. The van der Waals surface area contributed by atoms with Crippen LogP contribution in [0.5, 0.6) is 5.75 Å². The minimum atomic E-state index is -1.04. The van der Waals surface area contributed by atoms with Crippen LogP contribution in [0.3, 0.4) is 0 Å². The Morgan fingerprint density at radius 2 is 2.00 bits per heavy atom. The molecule has 0 bridgehead atoms. The van der Waals surface area contributed by atoms with Gasteiger partial charge in [-0.3, -0.25) is 10.1 Å². The average molecular weight is 265 g/mol. The van der Waals surface area contributed by atoms with E-state index in [4.69, 9.17) is 10.8 Å². The first-order valence-corrected chi connectivity index (χ1v) is 4.61. The van der Waals surface area contributed by atoms with Crippen LogP contribution in [0.15, 0.2) is 24.3 Å². The van der Waals surface area contributed by atoms with Crippen molar-refractivity contribution < 1.29 is 20.5 Å². The Morgan fingerprint density at radius 1 is 1.41 bits per heavy atom. The van der Waals surface area contributed by atoms with Gasteiger partial charge in [-0.2, -0.15) is 0 Å². The van der Waals surface area contributed by atoms with Gasteiger partial charge in [0.2, 0.25) is 0 Å². The quantitative estimate of drug-likeness (QED) is 0.579. The van der Waals surface area contributed by atoms with E-state index < -0.39 is 12.0 Å². The van der Waals surface area contributed by atoms with Crippen molar-refractivity contribution in [3.63, 3.8) is 0 Å². The van der Waals surface area contributed by atoms with E-state index in [0.29, 0.717) is 18.7 Å². The van der Waals surface area contributed by atoms with Crippen LogP contribution in [0.1, 0.15) is 11.6 Å². The summed E-state index contributed by atoms with van der Waals surface area (Å²) >= 11 is 0. The first kappa shape index (κ1) is 18.0. The lowest BCUT2D eigenvalue weighted by atomic mass is 10.1. The number of carbonyl (C=O) groups is 1. The number of nitrogens with one attached hydrogen (secondary N) is 1. The third-order valence-corrected chi connectivity index (χ3v) is 1.99. The Morgan fingerprint density at radius 3 is 2.47 bits per heavy atom. The topological polar surface area (TPSA) is 127 Å². The Balaban J connectivity index is 0. The number of carboxylic acids is 1. The molecule has 1 rings (SSSR count). The van der Waals surface area contributed by atoms with E-state index in [0.717, 1.165) is 0 Å². The first-order valence-electron chi connectivity index (χ1n) is 4.61. The predicted octanol–water partition coefficient (Wildman–Crippen LogP) is -0.337. The molecule has 0 saturated carbocycles. The molecule has 0 aliphatic rings. The molecule has 7 N–H and O–H groups in total. The number of benzene rings is 1. The molecular weight excluding hydrogens is 248 g/mol. The highest BCUT2D eigenvalue weighted by Crippen LogP contribution is 2.23. The lowest BCUT2D eigenvalue weighted by Gasteiger charge is -2.15. The van der Waals surface area contributed by atoms with Crippen molar-refractivity contribution in [3.8, 4) is 5.75 Å². The summed E-state index contributed by atoms with van der Waals surface area (Å²) < 4.78 is 0. The van der Waals surface area contributed by atoms with Crippen LogP contribution in [0.4, 0.5) is 0 Å². The number of aromatic hydroxyl groups is 1. The molecule has 1 unspecified atom stereocenters. The largest absolute Gasteiger partial charge is 0.508 e. The molecule has 0 radical (unpaired) electrons. The van der Waals surface area contributed by atoms with E-state index in [1.165, 1.54) is 6.07 Å². The molecule has 0 amide bonds. The van der Waals surface area contributed by atoms with Crippen LogP contribution in [-0.2, 0) is 4.79 Å². The second kappa shape index (κ2) is 8.77. The molecule has 0 heterocycles. The predicted molar refractivity (Wildman–Crippen MR) is 66.4 cm³/mol. The summed E-state index contributed by atoms with van der Waals surface area (Å²) in [6.07, 6.45) is 0. The highest BCUT2D eigenvalue weighted by Gasteiger charge is 2.21. The number of halogens is 1. The second-order valence-electron chi connectivity index (χ2n) is 3.07. The van der Waals surface area contributed by atoms with E-state index in [1.807, 2.05) is 0 Å². The third kappa shape index (κ3) is 5.01. The Hall–Kier alpha value is -1.34. The monoisotopic (exact) mass is 264 g/mol. The Bertz CT molecular complexity index is 349. The lowest BCUT2D eigenvalue weighted by Crippen LogP contribution is -2.32. The van der Waals surface area contributed by atoms with Crippen LogP contribution in [0.2, 0.25) is 0 Å². The van der Waals surface area contributed by atoms with Crippen molar-refractivity contribution in [2.75, 3.05) is 13.1 Å². The molecule has 1 aromatic carbocycles. The molecule has 0 spiro atoms. The maximum absolute atomic E-state index is 10.9. The number of phenols is 1. The summed E-state index contributed by atoms with van der Waals surface area (Å²) in [7, 11) is 0. The molecule has 7 heteroatoms. The lowest BCUT2D eigenvalue weighted by molar-refractivity contribution is -0.139. The normalized spacial score (nSPS) is 10.9. The van der Waals surface area contributed by atoms with Gasteiger partial charge in [0.15, 0.2) is 0 Å². The highest BCUT2D eigenvalue weighted by atomic mass is 35.5. The Labute approximate surface area is 105 Å². The van der Waals surface area contributed by atoms with E-state index in [-0.39, 0.29) is 23.6 Å². The van der Waals surface area contributed by atoms with Gasteiger partial charge in [0, 0.05) is 18.7 Å². The van der Waals surface area contributed by atoms with Gasteiger partial charge >= 0.3 is 5.97 Å². The standard InChI is InChI=1S/C10H14N2O3.ClH.H2O/c11-5-6-12-9(10(14)15)7-3-1-2-4-8(7)13;;/h1-4,9,12-13H,5-6,11H2,(H,14,15);1H;1H2. The number of rotatable bonds is 5. The smallest absolute Gasteiger partial charge is 0.325 e. The molecule has 0 saturated heterocycles. The number of para-hydroxylation sites is 1. The summed E-state index contributed by atoms with van der Waals surface area (Å²) in [6, 6.07) is 5.41. The molecule has 6 nitrogen and oxygen atoms in total. The number of aliphatic carboxylic acids is 1. The van der Waals surface area contributed by atoms with Crippen molar-refractivity contribution in [1.29, 1.82) is 0 Å². The van der Waals surface area contributed by atoms with E-state index in [2.05, 4.69) is 5.32 Å². The minimum Gasteiger partial charge on any atom is -0.508 e. The van der Waals surface area contributed by atoms with Gasteiger partial charge in [-0.25, -0.2) is 0 Å². The number of carboxylic acid groups (broad SMARTS) is 1. The third-order valence-electron chi connectivity index (χ3n) is 1.99. The zero-order chi connectivity index (χ0) is 11.3. The summed E-state index contributed by atoms with van der Waals surface area (Å²) in [5, 5.41) is 21.2. The number of hydrogen-bond donors (Lipinski definition) is 4. The molecule has 98 valence electrons. The summed E-state index contributed by atoms with van der Waals surface area (Å²) in [6.45, 7) is 0.725. The van der Waals surface area contributed by atoms with E-state index in [9.17, 15) is 9.90 Å². The van der Waals surface area contributed by atoms with Gasteiger partial charge in [-0.1, -0.05) is 18.2 Å². The van der Waals surface area contributed by atoms with Crippen LogP contribution >= 0.6 is 12.4 Å². The van der Waals surface area contributed by atoms with Crippen molar-refractivity contribution in [1.82, 2.24) is 5.32 Å². The minimum absolute atomic E-state index is 0. The Kier molecular flexibility index (Phi) is 9.31. The molecule has 0 aliphatic carbocycles. The summed E-state index contributed by atoms with van der Waals surface area (Å²) in [4.78, 5) is 10.9. The van der Waals surface area contributed by atoms with Crippen molar-refractivity contribution in [3.05, 3.63) is 29.8 Å². The van der Waals surface area contributed by atoms with Crippen LogP contribution < -0.4 is 11.1 Å². The van der Waals surface area contributed by atoms with Crippen LogP contribution in [0, 0.1) is 0 Å². The molecular formula is C10H17ClN2O4. The average Bonchev–Trinajstić information content (AvgIpc) is 2.20. The molecule has 0 aromatic heterocycles. The van der Waals surface area contributed by atoms with Gasteiger partial charge in [0.05, 0.1) is 0 Å². The van der Waals surface area contributed by atoms with Crippen LogP contribution in [0.25, 0.3) is 0 Å². The number of phenolic OH excluding ortho intramolecular Hbond substituents is 1. The van der Waals surface area contributed by atoms with Crippen molar-refractivity contribution in [2.24, 2.45) is 5.73 Å². The van der Waals surface area contributed by atoms with Crippen LogP contribution in [-0.4, -0.2) is 34.7 Å². The second-order valence-corrected chi connectivity index (χ2v) is 3.07. The summed E-state index contributed by atoms with van der Waals surface area (Å²) in [5.41, 5.74) is 5.62. The molecule has 1 atom stereocenters.